The highest BCUT2D eigenvalue weighted by Gasteiger charge is 2.17. The molecule has 4 nitrogen and oxygen atoms in total. The summed E-state index contributed by atoms with van der Waals surface area (Å²) in [6, 6.07) is 2.10. The Morgan fingerprint density at radius 1 is 1.56 bits per heavy atom. The first kappa shape index (κ1) is 13.1. The Kier molecular flexibility index (Phi) is 4.83. The molecular weight excluding hydrogens is 226 g/mol. The maximum atomic E-state index is 11.8. The van der Waals surface area contributed by atoms with E-state index in [0.717, 1.165) is 37.2 Å². The minimum Gasteiger partial charge on any atom is -0.365 e. The van der Waals surface area contributed by atoms with Gasteiger partial charge in [0, 0.05) is 24.5 Å². The second kappa shape index (κ2) is 5.92. The molecule has 1 aliphatic heterocycles. The van der Waals surface area contributed by atoms with Crippen LogP contribution in [0.3, 0.4) is 0 Å². The number of halogens is 1. The van der Waals surface area contributed by atoms with Gasteiger partial charge in [-0.25, -0.2) is 0 Å². The fourth-order valence-corrected chi connectivity index (χ4v) is 1.94. The molecule has 16 heavy (non-hydrogen) atoms. The Morgan fingerprint density at radius 3 is 2.94 bits per heavy atom. The van der Waals surface area contributed by atoms with Gasteiger partial charge < -0.3 is 15.6 Å². The summed E-state index contributed by atoms with van der Waals surface area (Å²) in [4.78, 5) is 14.8. The number of aromatic amines is 1. The zero-order chi connectivity index (χ0) is 10.7. The molecule has 2 rings (SSSR count). The normalized spacial score (nSPS) is 19.9. The number of aromatic nitrogens is 1. The lowest BCUT2D eigenvalue weighted by atomic mass is 10.1. The van der Waals surface area contributed by atoms with Crippen molar-refractivity contribution in [2.24, 2.45) is 0 Å². The fourth-order valence-electron chi connectivity index (χ4n) is 1.94. The number of hydrogen-bond donors (Lipinski definition) is 3. The lowest BCUT2D eigenvalue weighted by Gasteiger charge is -2.23. The Morgan fingerprint density at radius 2 is 2.38 bits per heavy atom. The number of H-pyrrole nitrogens is 1. The second-order valence-corrected chi connectivity index (χ2v) is 4.03. The van der Waals surface area contributed by atoms with E-state index in [9.17, 15) is 4.79 Å². The minimum absolute atomic E-state index is 0. The van der Waals surface area contributed by atoms with Gasteiger partial charge >= 0.3 is 0 Å². The molecule has 1 aromatic rings. The monoisotopic (exact) mass is 243 g/mol. The molecular formula is C11H18ClN3O. The average Bonchev–Trinajstić information content (AvgIpc) is 2.66. The van der Waals surface area contributed by atoms with Gasteiger partial charge in [0.15, 0.2) is 0 Å². The van der Waals surface area contributed by atoms with Crippen molar-refractivity contribution in [3.63, 3.8) is 0 Å². The first-order chi connectivity index (χ1) is 7.27. The van der Waals surface area contributed by atoms with E-state index in [0.29, 0.717) is 0 Å². The van der Waals surface area contributed by atoms with Crippen LogP contribution in [0.1, 0.15) is 28.9 Å². The van der Waals surface area contributed by atoms with Crippen LogP contribution in [0.25, 0.3) is 0 Å². The lowest BCUT2D eigenvalue weighted by molar-refractivity contribution is 0.0930. The molecule has 0 aliphatic carbocycles. The highest BCUT2D eigenvalue weighted by Crippen LogP contribution is 2.07. The zero-order valence-corrected chi connectivity index (χ0v) is 10.2. The highest BCUT2D eigenvalue weighted by molar-refractivity contribution is 5.95. The summed E-state index contributed by atoms with van der Waals surface area (Å²) in [7, 11) is 0. The van der Waals surface area contributed by atoms with Crippen LogP contribution in [-0.4, -0.2) is 30.0 Å². The maximum absolute atomic E-state index is 11.8. The SMILES string of the molecule is Cc1[nH]ccc1C(=O)N[C@@H]1CCCNC1.Cl. The maximum Gasteiger partial charge on any atom is 0.253 e. The first-order valence-corrected chi connectivity index (χ1v) is 5.43. The van der Waals surface area contributed by atoms with Gasteiger partial charge in [0.1, 0.15) is 0 Å². The summed E-state index contributed by atoms with van der Waals surface area (Å²) < 4.78 is 0. The Hall–Kier alpha value is -1.00. The van der Waals surface area contributed by atoms with E-state index in [1.54, 1.807) is 6.20 Å². The molecule has 1 atom stereocenters. The molecule has 1 amide bonds. The lowest BCUT2D eigenvalue weighted by Crippen LogP contribution is -2.45. The number of hydrogen-bond acceptors (Lipinski definition) is 2. The molecule has 0 bridgehead atoms. The van der Waals surface area contributed by atoms with Crippen molar-refractivity contribution in [1.29, 1.82) is 0 Å². The standard InChI is InChI=1S/C11H17N3O.ClH/c1-8-10(4-6-13-8)11(15)14-9-3-2-5-12-7-9;/h4,6,9,12-13H,2-3,5,7H2,1H3,(H,14,15);1H/t9-;/m1./s1. The number of carbonyl (C=O) groups is 1. The third kappa shape index (κ3) is 3.00. The van der Waals surface area contributed by atoms with E-state index in [1.807, 2.05) is 13.0 Å². The highest BCUT2D eigenvalue weighted by atomic mass is 35.5. The minimum atomic E-state index is 0. The van der Waals surface area contributed by atoms with Crippen LogP contribution < -0.4 is 10.6 Å². The molecule has 0 saturated carbocycles. The Balaban J connectivity index is 0.00000128. The van der Waals surface area contributed by atoms with Crippen molar-refractivity contribution in [1.82, 2.24) is 15.6 Å². The summed E-state index contributed by atoms with van der Waals surface area (Å²) >= 11 is 0. The number of aryl methyl sites for hydroxylation is 1. The van der Waals surface area contributed by atoms with Crippen LogP contribution in [0.5, 0.6) is 0 Å². The topological polar surface area (TPSA) is 56.9 Å². The Labute approximate surface area is 102 Å². The van der Waals surface area contributed by atoms with Gasteiger partial charge in [-0.3, -0.25) is 4.79 Å². The van der Waals surface area contributed by atoms with E-state index >= 15 is 0 Å². The fraction of sp³-hybridized carbons (Fsp3) is 0.545. The molecule has 3 N–H and O–H groups in total. The third-order valence-electron chi connectivity index (χ3n) is 2.83. The smallest absolute Gasteiger partial charge is 0.253 e. The van der Waals surface area contributed by atoms with Gasteiger partial charge in [0.05, 0.1) is 5.56 Å². The molecule has 0 unspecified atom stereocenters. The number of carbonyl (C=O) groups excluding carboxylic acids is 1. The number of rotatable bonds is 2. The summed E-state index contributed by atoms with van der Waals surface area (Å²) in [5, 5.41) is 6.32. The van der Waals surface area contributed by atoms with Crippen LogP contribution in [0.15, 0.2) is 12.3 Å². The van der Waals surface area contributed by atoms with Gasteiger partial charge in [0.2, 0.25) is 0 Å². The summed E-state index contributed by atoms with van der Waals surface area (Å²) in [6.07, 6.45) is 4.00. The molecule has 0 aromatic carbocycles. The van der Waals surface area contributed by atoms with Crippen molar-refractivity contribution >= 4 is 18.3 Å². The van der Waals surface area contributed by atoms with Crippen molar-refractivity contribution in [3.05, 3.63) is 23.5 Å². The van der Waals surface area contributed by atoms with Crippen LogP contribution in [0, 0.1) is 6.92 Å². The van der Waals surface area contributed by atoms with Crippen molar-refractivity contribution in [2.75, 3.05) is 13.1 Å². The summed E-state index contributed by atoms with van der Waals surface area (Å²) in [5.74, 6) is 0.0300. The zero-order valence-electron chi connectivity index (χ0n) is 9.38. The molecule has 0 spiro atoms. The van der Waals surface area contributed by atoms with E-state index in [-0.39, 0.29) is 24.4 Å². The van der Waals surface area contributed by atoms with E-state index in [2.05, 4.69) is 15.6 Å². The van der Waals surface area contributed by atoms with E-state index in [4.69, 9.17) is 0 Å². The summed E-state index contributed by atoms with van der Waals surface area (Å²) in [6.45, 7) is 3.86. The quantitative estimate of drug-likeness (QED) is 0.732. The van der Waals surface area contributed by atoms with Crippen LogP contribution in [-0.2, 0) is 0 Å². The predicted octanol–water partition coefficient (Wildman–Crippen LogP) is 1.23. The number of nitrogens with one attached hydrogen (secondary N) is 3. The van der Waals surface area contributed by atoms with Crippen molar-refractivity contribution < 1.29 is 4.79 Å². The number of piperidine rings is 1. The van der Waals surface area contributed by atoms with E-state index in [1.165, 1.54) is 0 Å². The van der Waals surface area contributed by atoms with Crippen molar-refractivity contribution in [2.45, 2.75) is 25.8 Å². The predicted molar refractivity (Wildman–Crippen MR) is 66.1 cm³/mol. The van der Waals surface area contributed by atoms with Gasteiger partial charge in [0.25, 0.3) is 5.91 Å². The van der Waals surface area contributed by atoms with Crippen LogP contribution in [0.4, 0.5) is 0 Å². The molecule has 1 fully saturated rings. The Bertz CT molecular complexity index is 345. The van der Waals surface area contributed by atoms with Crippen LogP contribution >= 0.6 is 12.4 Å². The van der Waals surface area contributed by atoms with Crippen molar-refractivity contribution in [3.8, 4) is 0 Å². The first-order valence-electron chi connectivity index (χ1n) is 5.43. The third-order valence-corrected chi connectivity index (χ3v) is 2.83. The largest absolute Gasteiger partial charge is 0.365 e. The van der Waals surface area contributed by atoms with Crippen LogP contribution in [0.2, 0.25) is 0 Å². The summed E-state index contributed by atoms with van der Waals surface area (Å²) in [5.41, 5.74) is 1.68. The molecule has 1 aliphatic rings. The molecule has 2 heterocycles. The van der Waals surface area contributed by atoms with Gasteiger partial charge in [-0.1, -0.05) is 0 Å². The molecule has 5 heteroatoms. The second-order valence-electron chi connectivity index (χ2n) is 4.03. The van der Waals surface area contributed by atoms with Gasteiger partial charge in [-0.05, 0) is 32.4 Å². The molecule has 0 radical (unpaired) electrons. The average molecular weight is 244 g/mol. The molecule has 1 saturated heterocycles. The molecule has 90 valence electrons. The van der Waals surface area contributed by atoms with Gasteiger partial charge in [-0.15, -0.1) is 12.4 Å². The van der Waals surface area contributed by atoms with E-state index < -0.39 is 0 Å². The van der Waals surface area contributed by atoms with Gasteiger partial charge in [-0.2, -0.15) is 0 Å². The molecule has 1 aromatic heterocycles. The number of amides is 1.